The highest BCUT2D eigenvalue weighted by Crippen LogP contribution is 2.23. The number of benzene rings is 1. The predicted octanol–water partition coefficient (Wildman–Crippen LogP) is 2.04. The minimum absolute atomic E-state index is 0.437. The van der Waals surface area contributed by atoms with E-state index >= 15 is 0 Å². The summed E-state index contributed by atoms with van der Waals surface area (Å²) in [5, 5.41) is 12.7. The van der Waals surface area contributed by atoms with Gasteiger partial charge in [-0.05, 0) is 24.3 Å². The van der Waals surface area contributed by atoms with Crippen molar-refractivity contribution in [2.75, 3.05) is 18.5 Å². The van der Waals surface area contributed by atoms with Crippen molar-refractivity contribution < 1.29 is 4.74 Å². The number of hydrogen-bond donors (Lipinski definition) is 1. The lowest BCUT2D eigenvalue weighted by Gasteiger charge is -2.36. The maximum atomic E-state index is 8.93. The van der Waals surface area contributed by atoms with Gasteiger partial charge >= 0.3 is 0 Å². The molecule has 0 unspecified atom stereocenters. The van der Waals surface area contributed by atoms with E-state index in [-0.39, 0.29) is 0 Å². The van der Waals surface area contributed by atoms with Gasteiger partial charge in [-0.25, -0.2) is 0 Å². The van der Waals surface area contributed by atoms with E-state index in [2.05, 4.69) is 11.4 Å². The molecule has 0 saturated carbocycles. The van der Waals surface area contributed by atoms with Crippen molar-refractivity contribution in [3.05, 3.63) is 29.3 Å². The van der Waals surface area contributed by atoms with Crippen molar-refractivity contribution in [2.24, 2.45) is 0 Å². The third-order valence-corrected chi connectivity index (χ3v) is 2.39. The molecule has 0 aliphatic carbocycles. The van der Waals surface area contributed by atoms with Gasteiger partial charge in [0.05, 0.1) is 19.3 Å². The fourth-order valence-corrected chi connectivity index (χ4v) is 1.41. The zero-order chi connectivity index (χ0) is 10.0. The third kappa shape index (κ3) is 1.67. The molecule has 1 aromatic carbocycles. The molecule has 14 heavy (non-hydrogen) atoms. The zero-order valence-corrected chi connectivity index (χ0v) is 8.21. The first-order valence-electron chi connectivity index (χ1n) is 4.27. The Labute approximate surface area is 87.2 Å². The Kier molecular flexibility index (Phi) is 2.32. The smallest absolute Gasteiger partial charge is 0.172 e. The van der Waals surface area contributed by atoms with Crippen LogP contribution in [0.5, 0.6) is 0 Å². The van der Waals surface area contributed by atoms with E-state index in [0.29, 0.717) is 18.2 Å². The Bertz CT molecular complexity index is 365. The summed E-state index contributed by atoms with van der Waals surface area (Å²) in [6.07, 6.45) is 0. The van der Waals surface area contributed by atoms with E-state index < -0.39 is 5.54 Å². The SMILES string of the molecule is N#CC1(Nc2ccc(Cl)cc2)COC1. The molecule has 1 saturated heterocycles. The maximum Gasteiger partial charge on any atom is 0.172 e. The van der Waals surface area contributed by atoms with Gasteiger partial charge in [0.15, 0.2) is 5.54 Å². The van der Waals surface area contributed by atoms with Gasteiger partial charge < -0.3 is 10.1 Å². The number of hydrogen-bond acceptors (Lipinski definition) is 3. The fraction of sp³-hybridized carbons (Fsp3) is 0.300. The van der Waals surface area contributed by atoms with Crippen LogP contribution < -0.4 is 5.32 Å². The number of anilines is 1. The fourth-order valence-electron chi connectivity index (χ4n) is 1.28. The van der Waals surface area contributed by atoms with E-state index in [4.69, 9.17) is 21.6 Å². The first-order chi connectivity index (χ1) is 6.74. The second-order valence-electron chi connectivity index (χ2n) is 3.32. The lowest BCUT2D eigenvalue weighted by Crippen LogP contribution is -2.54. The summed E-state index contributed by atoms with van der Waals surface area (Å²) in [6.45, 7) is 0.873. The lowest BCUT2D eigenvalue weighted by molar-refractivity contribution is -0.0132. The second-order valence-corrected chi connectivity index (χ2v) is 3.76. The molecule has 1 N–H and O–H groups in total. The maximum absolute atomic E-state index is 8.93. The van der Waals surface area contributed by atoms with Crippen LogP contribution in [0, 0.1) is 11.3 Å². The molecule has 0 aromatic heterocycles. The molecule has 0 amide bonds. The molecular formula is C10H9ClN2O. The van der Waals surface area contributed by atoms with Crippen molar-refractivity contribution in [2.45, 2.75) is 5.54 Å². The van der Waals surface area contributed by atoms with E-state index in [1.54, 1.807) is 12.1 Å². The lowest BCUT2D eigenvalue weighted by atomic mass is 9.99. The standard InChI is InChI=1S/C10H9ClN2O/c11-8-1-3-9(4-2-8)13-10(5-12)6-14-7-10/h1-4,13H,6-7H2. The van der Waals surface area contributed by atoms with Crippen molar-refractivity contribution >= 4 is 17.3 Å². The highest BCUT2D eigenvalue weighted by Gasteiger charge is 2.38. The summed E-state index contributed by atoms with van der Waals surface area (Å²) >= 11 is 5.75. The second kappa shape index (κ2) is 3.49. The average Bonchev–Trinajstić information content (AvgIpc) is 2.15. The van der Waals surface area contributed by atoms with Gasteiger partial charge in [0.2, 0.25) is 0 Å². The normalized spacial score (nSPS) is 18.0. The number of halogens is 1. The molecule has 1 fully saturated rings. The zero-order valence-electron chi connectivity index (χ0n) is 7.46. The summed E-state index contributed by atoms with van der Waals surface area (Å²) in [5.74, 6) is 0. The summed E-state index contributed by atoms with van der Waals surface area (Å²) in [5.41, 5.74) is 0.340. The molecule has 0 bridgehead atoms. The molecular weight excluding hydrogens is 200 g/mol. The van der Waals surface area contributed by atoms with Crippen molar-refractivity contribution in [1.82, 2.24) is 0 Å². The molecule has 1 aromatic rings. The quantitative estimate of drug-likeness (QED) is 0.809. The summed E-state index contributed by atoms with van der Waals surface area (Å²) in [7, 11) is 0. The van der Waals surface area contributed by atoms with Crippen LogP contribution >= 0.6 is 11.6 Å². The van der Waals surface area contributed by atoms with Crippen molar-refractivity contribution in [3.63, 3.8) is 0 Å². The topological polar surface area (TPSA) is 45.0 Å². The van der Waals surface area contributed by atoms with Crippen LogP contribution in [0.3, 0.4) is 0 Å². The average molecular weight is 209 g/mol. The van der Waals surface area contributed by atoms with Gasteiger partial charge in [-0.3, -0.25) is 0 Å². The first-order valence-corrected chi connectivity index (χ1v) is 4.65. The number of rotatable bonds is 2. The van der Waals surface area contributed by atoms with Gasteiger partial charge in [0.25, 0.3) is 0 Å². The van der Waals surface area contributed by atoms with Crippen LogP contribution in [-0.2, 0) is 4.74 Å². The molecule has 3 nitrogen and oxygen atoms in total. The van der Waals surface area contributed by atoms with Crippen molar-refractivity contribution in [1.29, 1.82) is 5.26 Å². The summed E-state index contributed by atoms with van der Waals surface area (Å²) in [6, 6.07) is 9.48. The highest BCUT2D eigenvalue weighted by molar-refractivity contribution is 6.30. The molecule has 4 heteroatoms. The molecule has 1 heterocycles. The van der Waals surface area contributed by atoms with Crippen LogP contribution in [-0.4, -0.2) is 18.8 Å². The highest BCUT2D eigenvalue weighted by atomic mass is 35.5. The van der Waals surface area contributed by atoms with Crippen LogP contribution in [0.15, 0.2) is 24.3 Å². The monoisotopic (exact) mass is 208 g/mol. The van der Waals surface area contributed by atoms with E-state index in [1.807, 2.05) is 12.1 Å². The van der Waals surface area contributed by atoms with Crippen molar-refractivity contribution in [3.8, 4) is 6.07 Å². The molecule has 1 aliphatic heterocycles. The van der Waals surface area contributed by atoms with Gasteiger partial charge in [0.1, 0.15) is 0 Å². The van der Waals surface area contributed by atoms with Gasteiger partial charge in [-0.15, -0.1) is 0 Å². The number of ether oxygens (including phenoxy) is 1. The molecule has 0 atom stereocenters. The third-order valence-electron chi connectivity index (χ3n) is 2.14. The first kappa shape index (κ1) is 9.32. The molecule has 2 rings (SSSR count). The number of nitrogens with zero attached hydrogens (tertiary/aromatic N) is 1. The predicted molar refractivity (Wildman–Crippen MR) is 54.2 cm³/mol. The Hall–Kier alpha value is -1.24. The summed E-state index contributed by atoms with van der Waals surface area (Å²) in [4.78, 5) is 0. The van der Waals surface area contributed by atoms with Gasteiger partial charge in [0, 0.05) is 10.7 Å². The van der Waals surface area contributed by atoms with Crippen LogP contribution in [0.2, 0.25) is 5.02 Å². The molecule has 0 spiro atoms. The Morgan fingerprint density at radius 3 is 2.43 bits per heavy atom. The van der Waals surface area contributed by atoms with Gasteiger partial charge in [-0.1, -0.05) is 11.6 Å². The number of nitrogens with one attached hydrogen (secondary N) is 1. The Morgan fingerprint density at radius 2 is 2.00 bits per heavy atom. The Balaban J connectivity index is 2.11. The van der Waals surface area contributed by atoms with E-state index in [0.717, 1.165) is 5.69 Å². The minimum Gasteiger partial charge on any atom is -0.374 e. The van der Waals surface area contributed by atoms with Crippen LogP contribution in [0.1, 0.15) is 0 Å². The molecule has 72 valence electrons. The Morgan fingerprint density at radius 1 is 1.36 bits per heavy atom. The summed E-state index contributed by atoms with van der Waals surface area (Å²) < 4.78 is 5.01. The van der Waals surface area contributed by atoms with Crippen LogP contribution in [0.4, 0.5) is 5.69 Å². The van der Waals surface area contributed by atoms with Gasteiger partial charge in [-0.2, -0.15) is 5.26 Å². The number of nitriles is 1. The van der Waals surface area contributed by atoms with Crippen LogP contribution in [0.25, 0.3) is 0 Å². The molecule has 1 aliphatic rings. The van der Waals surface area contributed by atoms with E-state index in [9.17, 15) is 0 Å². The van der Waals surface area contributed by atoms with E-state index in [1.165, 1.54) is 0 Å². The minimum atomic E-state index is -0.548. The molecule has 0 radical (unpaired) electrons. The largest absolute Gasteiger partial charge is 0.374 e.